The Morgan fingerprint density at radius 1 is 1.44 bits per heavy atom. The minimum atomic E-state index is 0. The van der Waals surface area contributed by atoms with Crippen LogP contribution in [0.3, 0.4) is 0 Å². The van der Waals surface area contributed by atoms with Crippen LogP contribution in [0.1, 0.15) is 19.8 Å². The minimum absolute atomic E-state index is 0. The van der Waals surface area contributed by atoms with Gasteiger partial charge in [0.15, 0.2) is 0 Å². The number of amides is 1. The van der Waals surface area contributed by atoms with Crippen molar-refractivity contribution < 1.29 is 14.3 Å². The van der Waals surface area contributed by atoms with Crippen LogP contribution < -0.4 is 5.32 Å². The summed E-state index contributed by atoms with van der Waals surface area (Å²) in [6, 6.07) is 0.243. The van der Waals surface area contributed by atoms with Crippen molar-refractivity contribution >= 4 is 18.3 Å². The molecule has 2 rings (SSSR count). The molecule has 0 bridgehead atoms. The predicted molar refractivity (Wildman–Crippen MR) is 71.1 cm³/mol. The van der Waals surface area contributed by atoms with Gasteiger partial charge in [-0.3, -0.25) is 4.79 Å². The maximum Gasteiger partial charge on any atom is 0.225 e. The molecule has 18 heavy (non-hydrogen) atoms. The van der Waals surface area contributed by atoms with Gasteiger partial charge in [-0.25, -0.2) is 0 Å². The average Bonchev–Trinajstić information content (AvgIpc) is 2.40. The van der Waals surface area contributed by atoms with E-state index in [-0.39, 0.29) is 30.5 Å². The monoisotopic (exact) mass is 278 g/mol. The van der Waals surface area contributed by atoms with E-state index >= 15 is 0 Å². The molecule has 6 heteroatoms. The molecule has 0 aliphatic carbocycles. The third kappa shape index (κ3) is 4.09. The molecular formula is C12H23ClN2O3. The molecule has 0 aromatic rings. The Labute approximate surface area is 115 Å². The first kappa shape index (κ1) is 15.7. The zero-order valence-electron chi connectivity index (χ0n) is 10.9. The molecule has 2 fully saturated rings. The largest absolute Gasteiger partial charge is 0.377 e. The van der Waals surface area contributed by atoms with E-state index in [1.807, 2.05) is 4.90 Å². The third-order valence-corrected chi connectivity index (χ3v) is 3.43. The lowest BCUT2D eigenvalue weighted by Gasteiger charge is -2.36. The zero-order valence-corrected chi connectivity index (χ0v) is 11.7. The molecule has 0 saturated carbocycles. The highest BCUT2D eigenvalue weighted by Gasteiger charge is 2.28. The molecule has 2 aliphatic heterocycles. The van der Waals surface area contributed by atoms with Gasteiger partial charge in [-0.05, 0) is 6.42 Å². The van der Waals surface area contributed by atoms with Gasteiger partial charge in [0.05, 0.1) is 38.4 Å². The quantitative estimate of drug-likeness (QED) is 0.813. The predicted octanol–water partition coefficient (Wildman–Crippen LogP) is 0.424. The molecule has 2 unspecified atom stereocenters. The molecule has 1 amide bonds. The van der Waals surface area contributed by atoms with E-state index < -0.39 is 0 Å². The standard InChI is InChI=1S/C12H22N2O3.ClH/c1-2-10-9-16-6-4-14(10)12(15)7-11-8-13-3-5-17-11;/h10-11,13H,2-9H2,1H3;1H. The highest BCUT2D eigenvalue weighted by Crippen LogP contribution is 2.13. The molecule has 0 spiro atoms. The Bertz CT molecular complexity index is 260. The lowest BCUT2D eigenvalue weighted by molar-refractivity contribution is -0.143. The summed E-state index contributed by atoms with van der Waals surface area (Å²) in [6.45, 7) is 6.53. The van der Waals surface area contributed by atoms with Crippen LogP contribution in [0.25, 0.3) is 0 Å². The molecule has 5 nitrogen and oxygen atoms in total. The third-order valence-electron chi connectivity index (χ3n) is 3.43. The van der Waals surface area contributed by atoms with Crippen molar-refractivity contribution in [3.8, 4) is 0 Å². The summed E-state index contributed by atoms with van der Waals surface area (Å²) in [4.78, 5) is 14.2. The smallest absolute Gasteiger partial charge is 0.225 e. The maximum atomic E-state index is 12.2. The van der Waals surface area contributed by atoms with Gasteiger partial charge in [0.25, 0.3) is 0 Å². The number of nitrogens with one attached hydrogen (secondary N) is 1. The summed E-state index contributed by atoms with van der Waals surface area (Å²) >= 11 is 0. The first-order valence-corrected chi connectivity index (χ1v) is 6.50. The van der Waals surface area contributed by atoms with E-state index in [4.69, 9.17) is 9.47 Å². The van der Waals surface area contributed by atoms with Crippen molar-refractivity contribution in [1.82, 2.24) is 10.2 Å². The van der Waals surface area contributed by atoms with Gasteiger partial charge >= 0.3 is 0 Å². The summed E-state index contributed by atoms with van der Waals surface area (Å²) in [5.74, 6) is 0.203. The summed E-state index contributed by atoms with van der Waals surface area (Å²) < 4.78 is 11.0. The van der Waals surface area contributed by atoms with Crippen LogP contribution in [0.2, 0.25) is 0 Å². The van der Waals surface area contributed by atoms with Gasteiger partial charge in [0, 0.05) is 19.6 Å². The molecule has 0 aromatic carbocycles. The minimum Gasteiger partial charge on any atom is -0.377 e. The number of carbonyl (C=O) groups is 1. The van der Waals surface area contributed by atoms with Crippen molar-refractivity contribution in [1.29, 1.82) is 0 Å². The second-order valence-corrected chi connectivity index (χ2v) is 4.63. The van der Waals surface area contributed by atoms with Gasteiger partial charge in [0.1, 0.15) is 0 Å². The van der Waals surface area contributed by atoms with E-state index in [9.17, 15) is 4.79 Å². The normalized spacial score (nSPS) is 28.6. The van der Waals surface area contributed by atoms with Crippen LogP contribution in [0, 0.1) is 0 Å². The fourth-order valence-electron chi connectivity index (χ4n) is 2.38. The van der Waals surface area contributed by atoms with Crippen molar-refractivity contribution in [2.75, 3.05) is 39.5 Å². The first-order valence-electron chi connectivity index (χ1n) is 6.50. The summed E-state index contributed by atoms with van der Waals surface area (Å²) in [5.41, 5.74) is 0. The number of ether oxygens (including phenoxy) is 2. The van der Waals surface area contributed by atoms with E-state index in [1.54, 1.807) is 0 Å². The average molecular weight is 279 g/mol. The number of hydrogen-bond acceptors (Lipinski definition) is 4. The Morgan fingerprint density at radius 3 is 2.94 bits per heavy atom. The SMILES string of the molecule is CCC1COCCN1C(=O)CC1CNCCO1.Cl. The molecule has 0 radical (unpaired) electrons. The van der Waals surface area contributed by atoms with Crippen LogP contribution in [0.5, 0.6) is 0 Å². The van der Waals surface area contributed by atoms with E-state index in [0.717, 1.165) is 26.1 Å². The van der Waals surface area contributed by atoms with E-state index in [0.29, 0.717) is 26.2 Å². The van der Waals surface area contributed by atoms with Crippen LogP contribution in [-0.4, -0.2) is 62.4 Å². The van der Waals surface area contributed by atoms with Gasteiger partial charge in [-0.1, -0.05) is 6.92 Å². The summed E-state index contributed by atoms with van der Waals surface area (Å²) in [5, 5.41) is 3.25. The Balaban J connectivity index is 0.00000162. The molecule has 2 saturated heterocycles. The molecule has 2 atom stereocenters. The summed E-state index contributed by atoms with van der Waals surface area (Å²) in [6.07, 6.45) is 1.48. The fourth-order valence-corrected chi connectivity index (χ4v) is 2.38. The number of hydrogen-bond donors (Lipinski definition) is 1. The summed E-state index contributed by atoms with van der Waals surface area (Å²) in [7, 11) is 0. The Kier molecular flexibility index (Phi) is 6.92. The van der Waals surface area contributed by atoms with Crippen molar-refractivity contribution in [2.24, 2.45) is 0 Å². The van der Waals surface area contributed by atoms with E-state index in [1.165, 1.54) is 0 Å². The highest BCUT2D eigenvalue weighted by molar-refractivity contribution is 5.85. The lowest BCUT2D eigenvalue weighted by atomic mass is 10.1. The van der Waals surface area contributed by atoms with Crippen LogP contribution >= 0.6 is 12.4 Å². The van der Waals surface area contributed by atoms with Crippen LogP contribution in [0.15, 0.2) is 0 Å². The van der Waals surface area contributed by atoms with Crippen molar-refractivity contribution in [3.63, 3.8) is 0 Å². The van der Waals surface area contributed by atoms with Gasteiger partial charge in [-0.2, -0.15) is 0 Å². The van der Waals surface area contributed by atoms with Crippen molar-refractivity contribution in [2.45, 2.75) is 31.9 Å². The van der Waals surface area contributed by atoms with Gasteiger partial charge in [0.2, 0.25) is 5.91 Å². The topological polar surface area (TPSA) is 50.8 Å². The number of halogens is 1. The van der Waals surface area contributed by atoms with Crippen LogP contribution in [-0.2, 0) is 14.3 Å². The second kappa shape index (κ2) is 7.94. The maximum absolute atomic E-state index is 12.2. The molecular weight excluding hydrogens is 256 g/mol. The molecule has 1 N–H and O–H groups in total. The Morgan fingerprint density at radius 2 is 2.28 bits per heavy atom. The highest BCUT2D eigenvalue weighted by atomic mass is 35.5. The molecule has 2 aliphatic rings. The molecule has 0 aromatic heterocycles. The number of nitrogens with zero attached hydrogens (tertiary/aromatic N) is 1. The zero-order chi connectivity index (χ0) is 12.1. The van der Waals surface area contributed by atoms with E-state index in [2.05, 4.69) is 12.2 Å². The molecule has 106 valence electrons. The molecule has 2 heterocycles. The van der Waals surface area contributed by atoms with Crippen molar-refractivity contribution in [3.05, 3.63) is 0 Å². The second-order valence-electron chi connectivity index (χ2n) is 4.63. The number of morpholine rings is 2. The number of carbonyl (C=O) groups excluding carboxylic acids is 1. The fraction of sp³-hybridized carbons (Fsp3) is 0.917. The van der Waals surface area contributed by atoms with Crippen LogP contribution in [0.4, 0.5) is 0 Å². The lowest BCUT2D eigenvalue weighted by Crippen LogP contribution is -2.50. The number of rotatable bonds is 3. The van der Waals surface area contributed by atoms with Gasteiger partial charge in [-0.15, -0.1) is 12.4 Å². The van der Waals surface area contributed by atoms with Gasteiger partial charge < -0.3 is 19.7 Å². The first-order chi connectivity index (χ1) is 8.31. The Hall–Kier alpha value is -0.360.